The second-order valence-electron chi connectivity index (χ2n) is 5.47. The van der Waals surface area contributed by atoms with Crippen LogP contribution in [0, 0.1) is 0 Å². The quantitative estimate of drug-likeness (QED) is 0.826. The van der Waals surface area contributed by atoms with E-state index in [0.29, 0.717) is 18.4 Å². The first-order chi connectivity index (χ1) is 10.0. The van der Waals surface area contributed by atoms with E-state index in [9.17, 15) is 0 Å². The van der Waals surface area contributed by atoms with Gasteiger partial charge in [0.25, 0.3) is 0 Å². The van der Waals surface area contributed by atoms with Gasteiger partial charge >= 0.3 is 0 Å². The van der Waals surface area contributed by atoms with Crippen molar-refractivity contribution in [2.24, 2.45) is 7.05 Å². The highest BCUT2D eigenvalue weighted by Gasteiger charge is 2.16. The molecular formula is C14H25N7. The Labute approximate surface area is 125 Å². The number of nitrogens with one attached hydrogen (secondary N) is 1. The smallest absolute Gasteiger partial charge is 0.196 e. The summed E-state index contributed by atoms with van der Waals surface area (Å²) < 4.78 is 2.02. The highest BCUT2D eigenvalue weighted by atomic mass is 15.6. The van der Waals surface area contributed by atoms with Gasteiger partial charge in [-0.2, -0.15) is 9.90 Å². The van der Waals surface area contributed by atoms with Crippen LogP contribution >= 0.6 is 0 Å². The number of tetrazole rings is 1. The lowest BCUT2D eigenvalue weighted by Gasteiger charge is -2.10. The molecule has 2 rings (SSSR count). The Hall–Kier alpha value is -1.76. The summed E-state index contributed by atoms with van der Waals surface area (Å²) in [5, 5.41) is 20.4. The largest absolute Gasteiger partial charge is 0.310 e. The zero-order chi connectivity index (χ0) is 15.4. The van der Waals surface area contributed by atoms with Crippen LogP contribution in [0.5, 0.6) is 0 Å². The van der Waals surface area contributed by atoms with Crippen LogP contribution in [0.4, 0.5) is 0 Å². The van der Waals surface area contributed by atoms with E-state index in [-0.39, 0.29) is 0 Å². The van der Waals surface area contributed by atoms with Crippen molar-refractivity contribution in [1.82, 2.24) is 35.3 Å². The van der Waals surface area contributed by atoms with Gasteiger partial charge in [-0.25, -0.2) is 0 Å². The molecule has 2 aromatic heterocycles. The van der Waals surface area contributed by atoms with E-state index in [1.807, 2.05) is 4.68 Å². The Morgan fingerprint density at radius 3 is 2.43 bits per heavy atom. The van der Waals surface area contributed by atoms with Crippen molar-refractivity contribution in [3.63, 3.8) is 0 Å². The minimum absolute atomic E-state index is 0.462. The third-order valence-corrected chi connectivity index (χ3v) is 3.45. The summed E-state index contributed by atoms with van der Waals surface area (Å²) in [6.07, 6.45) is 1.88. The Morgan fingerprint density at radius 1 is 1.14 bits per heavy atom. The molecule has 0 unspecified atom stereocenters. The highest BCUT2D eigenvalue weighted by molar-refractivity contribution is 5.27. The van der Waals surface area contributed by atoms with E-state index in [4.69, 9.17) is 5.10 Å². The predicted molar refractivity (Wildman–Crippen MR) is 80.9 cm³/mol. The molecule has 7 nitrogen and oxygen atoms in total. The van der Waals surface area contributed by atoms with E-state index in [1.54, 1.807) is 7.05 Å². The van der Waals surface area contributed by atoms with Crippen LogP contribution in [0.2, 0.25) is 0 Å². The van der Waals surface area contributed by atoms with Gasteiger partial charge in [-0.05, 0) is 18.1 Å². The van der Waals surface area contributed by atoms with Crippen molar-refractivity contribution in [3.8, 4) is 0 Å². The van der Waals surface area contributed by atoms with Crippen molar-refractivity contribution >= 4 is 0 Å². The molecule has 0 aliphatic carbocycles. The molecule has 0 atom stereocenters. The summed E-state index contributed by atoms with van der Waals surface area (Å²) in [6, 6.07) is 0.462. The van der Waals surface area contributed by atoms with Crippen LogP contribution in [0.3, 0.4) is 0 Å². The second kappa shape index (κ2) is 6.80. The Balaban J connectivity index is 2.28. The van der Waals surface area contributed by atoms with E-state index < -0.39 is 0 Å². The molecular weight excluding hydrogens is 266 g/mol. The lowest BCUT2D eigenvalue weighted by atomic mass is 10.1. The average molecular weight is 291 g/mol. The second-order valence-corrected chi connectivity index (χ2v) is 5.47. The van der Waals surface area contributed by atoms with Crippen LogP contribution < -0.4 is 5.32 Å². The van der Waals surface area contributed by atoms with Gasteiger partial charge in [0.15, 0.2) is 5.82 Å². The molecule has 2 heterocycles. The third kappa shape index (κ3) is 3.66. The normalized spacial score (nSPS) is 11.5. The first kappa shape index (κ1) is 15.6. The highest BCUT2D eigenvalue weighted by Crippen LogP contribution is 2.17. The van der Waals surface area contributed by atoms with Gasteiger partial charge in [-0.1, -0.05) is 27.7 Å². The maximum atomic E-state index is 4.74. The molecule has 0 fully saturated rings. The molecule has 0 spiro atoms. The topological polar surface area (TPSA) is 73.5 Å². The van der Waals surface area contributed by atoms with Crippen molar-refractivity contribution in [2.75, 3.05) is 0 Å². The third-order valence-electron chi connectivity index (χ3n) is 3.45. The first-order valence-corrected chi connectivity index (χ1v) is 7.58. The monoisotopic (exact) mass is 291 g/mol. The fourth-order valence-electron chi connectivity index (χ4n) is 2.43. The molecule has 0 amide bonds. The van der Waals surface area contributed by atoms with Crippen LogP contribution in [0.25, 0.3) is 0 Å². The van der Waals surface area contributed by atoms with Crippen LogP contribution in [-0.4, -0.2) is 36.0 Å². The molecule has 0 aromatic carbocycles. The van der Waals surface area contributed by atoms with Gasteiger partial charge in [0.1, 0.15) is 6.54 Å². The minimum atomic E-state index is 0.462. The fraction of sp³-hybridized carbons (Fsp3) is 0.714. The van der Waals surface area contributed by atoms with Gasteiger partial charge in [0.05, 0.1) is 12.7 Å². The number of nitrogens with zero attached hydrogens (tertiary/aromatic N) is 6. The summed E-state index contributed by atoms with van der Waals surface area (Å²) in [6.45, 7) is 10.1. The standard InChI is InChI=1S/C14H25N7/c1-6-12-11(8-15-10(3)4)13(7-2)21(17-12)9-14-16-19-20(5)18-14/h10,15H,6-9H2,1-5H3. The fourth-order valence-corrected chi connectivity index (χ4v) is 2.43. The Bertz CT molecular complexity index is 582. The van der Waals surface area contributed by atoms with Crippen molar-refractivity contribution < 1.29 is 0 Å². The van der Waals surface area contributed by atoms with Crippen molar-refractivity contribution in [2.45, 2.75) is 59.7 Å². The van der Waals surface area contributed by atoms with Gasteiger partial charge in [-0.15, -0.1) is 10.2 Å². The molecule has 0 radical (unpaired) electrons. The molecule has 7 heteroatoms. The number of aryl methyl sites for hydroxylation is 2. The number of hydrogen-bond donors (Lipinski definition) is 1. The lowest BCUT2D eigenvalue weighted by molar-refractivity contribution is 0.579. The first-order valence-electron chi connectivity index (χ1n) is 7.58. The molecule has 116 valence electrons. The summed E-state index contributed by atoms with van der Waals surface area (Å²) in [5.41, 5.74) is 3.73. The SMILES string of the molecule is CCc1nn(Cc2nnn(C)n2)c(CC)c1CNC(C)C. The summed E-state index contributed by atoms with van der Waals surface area (Å²) in [4.78, 5) is 1.48. The van der Waals surface area contributed by atoms with E-state index in [1.165, 1.54) is 16.1 Å². The summed E-state index contributed by atoms with van der Waals surface area (Å²) in [7, 11) is 1.77. The Kier molecular flexibility index (Phi) is 5.06. The van der Waals surface area contributed by atoms with E-state index in [0.717, 1.165) is 25.1 Å². The molecule has 0 aliphatic rings. The minimum Gasteiger partial charge on any atom is -0.310 e. The maximum Gasteiger partial charge on any atom is 0.196 e. The molecule has 0 saturated carbocycles. The maximum absolute atomic E-state index is 4.74. The molecule has 0 bridgehead atoms. The molecule has 0 aliphatic heterocycles. The van der Waals surface area contributed by atoms with Gasteiger partial charge < -0.3 is 5.32 Å². The van der Waals surface area contributed by atoms with Gasteiger partial charge in [-0.3, -0.25) is 4.68 Å². The van der Waals surface area contributed by atoms with Gasteiger partial charge in [0, 0.05) is 23.8 Å². The molecule has 21 heavy (non-hydrogen) atoms. The summed E-state index contributed by atoms with van der Waals surface area (Å²) >= 11 is 0. The van der Waals surface area contributed by atoms with Crippen molar-refractivity contribution in [3.05, 3.63) is 22.8 Å². The number of hydrogen-bond acceptors (Lipinski definition) is 5. The van der Waals surface area contributed by atoms with Crippen LogP contribution in [0.1, 0.15) is 50.5 Å². The number of aromatic nitrogens is 6. The molecule has 0 saturated heterocycles. The lowest BCUT2D eigenvalue weighted by Crippen LogP contribution is -2.23. The van der Waals surface area contributed by atoms with E-state index in [2.05, 4.69) is 48.4 Å². The van der Waals surface area contributed by atoms with Crippen LogP contribution in [-0.2, 0) is 33.0 Å². The summed E-state index contributed by atoms with van der Waals surface area (Å²) in [5.74, 6) is 0.695. The molecule has 1 N–H and O–H groups in total. The number of rotatable bonds is 7. The van der Waals surface area contributed by atoms with E-state index >= 15 is 0 Å². The van der Waals surface area contributed by atoms with Crippen LogP contribution in [0.15, 0.2) is 0 Å². The zero-order valence-electron chi connectivity index (χ0n) is 13.6. The molecule has 2 aromatic rings. The zero-order valence-corrected chi connectivity index (χ0v) is 13.6. The Morgan fingerprint density at radius 2 is 1.90 bits per heavy atom. The predicted octanol–water partition coefficient (Wildman–Crippen LogP) is 1.08. The van der Waals surface area contributed by atoms with Gasteiger partial charge in [0.2, 0.25) is 0 Å². The van der Waals surface area contributed by atoms with Crippen molar-refractivity contribution in [1.29, 1.82) is 0 Å². The average Bonchev–Trinajstić information content (AvgIpc) is 3.00.